The van der Waals surface area contributed by atoms with Crippen LogP contribution < -0.4 is 0 Å². The van der Waals surface area contributed by atoms with Crippen LogP contribution in [0.2, 0.25) is 0 Å². The van der Waals surface area contributed by atoms with E-state index >= 15 is 0 Å². The lowest BCUT2D eigenvalue weighted by Gasteiger charge is -2.18. The van der Waals surface area contributed by atoms with Gasteiger partial charge in [-0.15, -0.1) is 0 Å². The zero-order valence-corrected chi connectivity index (χ0v) is 22.5. The summed E-state index contributed by atoms with van der Waals surface area (Å²) < 4.78 is 25.4. The zero-order chi connectivity index (χ0) is 26.9. The summed E-state index contributed by atoms with van der Waals surface area (Å²) in [7, 11) is -4.73. The van der Waals surface area contributed by atoms with Crippen LogP contribution >= 0.6 is 7.82 Å². The molecule has 0 saturated heterocycles. The van der Waals surface area contributed by atoms with E-state index in [4.69, 9.17) is 19.3 Å². The Hall–Kier alpha value is -2.25. The molecule has 8 nitrogen and oxygen atoms in total. The van der Waals surface area contributed by atoms with Crippen LogP contribution in [0.3, 0.4) is 0 Å². The topological polar surface area (TPSA) is 119 Å². The molecule has 0 aliphatic heterocycles. The Morgan fingerprint density at radius 2 is 1.28 bits per heavy atom. The number of phosphoric ester groups is 1. The van der Waals surface area contributed by atoms with E-state index < -0.39 is 32.5 Å². The monoisotopic (exact) mass is 526 g/mol. The van der Waals surface area contributed by atoms with Crippen LogP contribution in [-0.4, -0.2) is 41.0 Å². The number of ether oxygens (including phenoxy) is 2. The fraction of sp³-hybridized carbons (Fsp3) is 0.556. The summed E-state index contributed by atoms with van der Waals surface area (Å²) in [5, 5.41) is 0. The van der Waals surface area contributed by atoms with Crippen molar-refractivity contribution in [3.8, 4) is 0 Å². The summed E-state index contributed by atoms with van der Waals surface area (Å²) in [6, 6.07) is 0. The summed E-state index contributed by atoms with van der Waals surface area (Å²) in [5.74, 6) is -1.03. The number of esters is 2. The minimum atomic E-state index is -4.73. The molecule has 2 N–H and O–H groups in total. The number of carbonyl (C=O) groups excluding carboxylic acids is 2. The van der Waals surface area contributed by atoms with Gasteiger partial charge in [-0.05, 0) is 51.4 Å². The lowest BCUT2D eigenvalue weighted by Crippen LogP contribution is -2.29. The highest BCUT2D eigenvalue weighted by Crippen LogP contribution is 2.35. The maximum Gasteiger partial charge on any atom is 0.469 e. The van der Waals surface area contributed by atoms with E-state index in [0.717, 1.165) is 32.1 Å². The first-order valence-electron chi connectivity index (χ1n) is 12.6. The van der Waals surface area contributed by atoms with E-state index in [2.05, 4.69) is 60.1 Å². The minimum absolute atomic E-state index is 0.129. The van der Waals surface area contributed by atoms with Gasteiger partial charge in [-0.3, -0.25) is 14.1 Å². The average molecular weight is 527 g/mol. The van der Waals surface area contributed by atoms with E-state index in [-0.39, 0.29) is 19.4 Å². The molecule has 0 heterocycles. The van der Waals surface area contributed by atoms with Gasteiger partial charge in [0.2, 0.25) is 0 Å². The molecule has 1 unspecified atom stereocenters. The van der Waals surface area contributed by atoms with E-state index in [1.165, 1.54) is 0 Å². The Kier molecular flexibility index (Phi) is 21.7. The van der Waals surface area contributed by atoms with Crippen molar-refractivity contribution in [3.05, 3.63) is 60.8 Å². The first-order valence-corrected chi connectivity index (χ1v) is 14.1. The average Bonchev–Trinajstić information content (AvgIpc) is 2.82. The predicted molar refractivity (Wildman–Crippen MR) is 142 cm³/mol. The second-order valence-corrected chi connectivity index (χ2v) is 9.17. The lowest BCUT2D eigenvalue weighted by atomic mass is 10.2. The Labute approximate surface area is 216 Å². The zero-order valence-electron chi connectivity index (χ0n) is 21.6. The third-order valence-corrected chi connectivity index (χ3v) is 5.01. The number of phosphoric acid groups is 1. The maximum absolute atomic E-state index is 12.0. The first-order chi connectivity index (χ1) is 17.3. The largest absolute Gasteiger partial charge is 0.469 e. The molecule has 0 saturated carbocycles. The lowest BCUT2D eigenvalue weighted by molar-refractivity contribution is -0.161. The van der Waals surface area contributed by atoms with Gasteiger partial charge in [-0.2, -0.15) is 0 Å². The minimum Gasteiger partial charge on any atom is -0.462 e. The molecular weight excluding hydrogens is 483 g/mol. The number of unbranched alkanes of at least 4 members (excludes halogenated alkanes) is 1. The van der Waals surface area contributed by atoms with Gasteiger partial charge in [0.1, 0.15) is 6.61 Å². The van der Waals surface area contributed by atoms with Gasteiger partial charge >= 0.3 is 19.8 Å². The molecule has 9 heteroatoms. The molecule has 0 amide bonds. The maximum atomic E-state index is 12.0. The van der Waals surface area contributed by atoms with Gasteiger partial charge < -0.3 is 19.3 Å². The summed E-state index contributed by atoms with van der Waals surface area (Å²) in [6.07, 6.45) is 27.0. The Morgan fingerprint density at radius 3 is 1.78 bits per heavy atom. The van der Waals surface area contributed by atoms with Crippen molar-refractivity contribution in [3.63, 3.8) is 0 Å². The molecule has 0 bridgehead atoms. The van der Waals surface area contributed by atoms with Crippen molar-refractivity contribution in [2.24, 2.45) is 0 Å². The quantitative estimate of drug-likeness (QED) is 0.0777. The van der Waals surface area contributed by atoms with Gasteiger partial charge in [0.15, 0.2) is 6.10 Å². The third-order valence-electron chi connectivity index (χ3n) is 4.52. The van der Waals surface area contributed by atoms with Gasteiger partial charge in [0, 0.05) is 12.8 Å². The summed E-state index contributed by atoms with van der Waals surface area (Å²) in [4.78, 5) is 41.2. The third kappa shape index (κ3) is 24.9. The van der Waals surface area contributed by atoms with Crippen LogP contribution in [0.4, 0.5) is 0 Å². The number of hydrogen-bond acceptors (Lipinski definition) is 6. The molecule has 0 aromatic rings. The van der Waals surface area contributed by atoms with E-state index in [0.29, 0.717) is 19.3 Å². The summed E-state index contributed by atoms with van der Waals surface area (Å²) >= 11 is 0. The molecule has 0 radical (unpaired) electrons. The number of carbonyl (C=O) groups is 2. The molecular formula is C27H43O8P. The molecule has 0 aliphatic carbocycles. The van der Waals surface area contributed by atoms with Crippen molar-refractivity contribution in [2.75, 3.05) is 13.2 Å². The molecule has 1 atom stereocenters. The molecule has 0 spiro atoms. The number of rotatable bonds is 21. The molecule has 0 rings (SSSR count). The molecule has 0 aromatic carbocycles. The van der Waals surface area contributed by atoms with Crippen LogP contribution in [0.25, 0.3) is 0 Å². The van der Waals surface area contributed by atoms with Gasteiger partial charge in [-0.1, -0.05) is 74.6 Å². The van der Waals surface area contributed by atoms with Crippen LogP contribution in [0.5, 0.6) is 0 Å². The SMILES string of the molecule is CC/C=C\C/C=C\C/C=C\C/C=C\C/C=C\CCCC(=O)OC(COC(=O)CCC)COP(=O)(O)O. The normalized spacial score (nSPS) is 13.6. The molecule has 36 heavy (non-hydrogen) atoms. The highest BCUT2D eigenvalue weighted by atomic mass is 31.2. The highest BCUT2D eigenvalue weighted by Gasteiger charge is 2.22. The van der Waals surface area contributed by atoms with Gasteiger partial charge in [0.25, 0.3) is 0 Å². The Bertz CT molecular complexity index is 777. The summed E-state index contributed by atoms with van der Waals surface area (Å²) in [6.45, 7) is 3.05. The standard InChI is InChI=1S/C27H43O8P/c1-3-5-6-7-8-9-10-11-12-13-14-15-16-17-18-19-20-22-27(29)35-25(24-34-36(30,31)32)23-33-26(28)21-4-2/h5-6,8-9,11-12,14-15,17-18,25H,3-4,7,10,13,16,19-24H2,1-2H3,(H2,30,31,32)/b6-5-,9-8-,12-11-,15-14-,18-17-. The molecule has 0 aliphatic rings. The second-order valence-electron chi connectivity index (χ2n) is 7.93. The fourth-order valence-corrected chi connectivity index (χ4v) is 3.10. The second kappa shape index (κ2) is 23.2. The van der Waals surface area contributed by atoms with E-state index in [9.17, 15) is 14.2 Å². The number of allylic oxidation sites excluding steroid dienone is 10. The van der Waals surface area contributed by atoms with Crippen molar-refractivity contribution in [2.45, 2.75) is 84.2 Å². The van der Waals surface area contributed by atoms with Crippen molar-refractivity contribution < 1.29 is 37.9 Å². The first kappa shape index (κ1) is 33.8. The van der Waals surface area contributed by atoms with Crippen LogP contribution in [0, 0.1) is 0 Å². The molecule has 0 aromatic heterocycles. The Morgan fingerprint density at radius 1 is 0.750 bits per heavy atom. The van der Waals surface area contributed by atoms with Gasteiger partial charge in [-0.25, -0.2) is 4.57 Å². The molecule has 204 valence electrons. The van der Waals surface area contributed by atoms with Crippen LogP contribution in [0.15, 0.2) is 60.8 Å². The van der Waals surface area contributed by atoms with Crippen molar-refractivity contribution >= 4 is 19.8 Å². The fourth-order valence-electron chi connectivity index (χ4n) is 2.74. The number of hydrogen-bond donors (Lipinski definition) is 2. The predicted octanol–water partition coefficient (Wildman–Crippen LogP) is 6.27. The van der Waals surface area contributed by atoms with E-state index in [1.54, 1.807) is 0 Å². The Balaban J connectivity index is 4.07. The van der Waals surface area contributed by atoms with E-state index in [1.807, 2.05) is 19.1 Å². The van der Waals surface area contributed by atoms with Crippen molar-refractivity contribution in [1.82, 2.24) is 0 Å². The van der Waals surface area contributed by atoms with Crippen LogP contribution in [-0.2, 0) is 28.2 Å². The van der Waals surface area contributed by atoms with Gasteiger partial charge in [0.05, 0.1) is 6.61 Å². The molecule has 0 fully saturated rings. The van der Waals surface area contributed by atoms with Crippen molar-refractivity contribution in [1.29, 1.82) is 0 Å². The summed E-state index contributed by atoms with van der Waals surface area (Å²) in [5.41, 5.74) is 0. The highest BCUT2D eigenvalue weighted by molar-refractivity contribution is 7.46. The smallest absolute Gasteiger partial charge is 0.462 e. The van der Waals surface area contributed by atoms with Crippen LogP contribution in [0.1, 0.15) is 78.1 Å².